The number of thiophene rings is 1. The molecule has 0 bridgehead atoms. The van der Waals surface area contributed by atoms with Crippen molar-refractivity contribution in [2.24, 2.45) is 11.1 Å². The Balaban J connectivity index is 3.14. The fourth-order valence-electron chi connectivity index (χ4n) is 1.38. The molecular formula is C11H19NOS. The fourth-order valence-corrected chi connectivity index (χ4v) is 2.55. The minimum absolute atomic E-state index is 0.303. The molecule has 80 valence electrons. The number of nitrogens with two attached hydrogens (primary N) is 1. The lowest BCUT2D eigenvalue weighted by Crippen LogP contribution is -2.44. The normalized spacial score (nSPS) is 16.7. The Kier molecular flexibility index (Phi) is 3.04. The van der Waals surface area contributed by atoms with Crippen LogP contribution < -0.4 is 5.73 Å². The molecule has 3 heteroatoms. The van der Waals surface area contributed by atoms with E-state index in [0.29, 0.717) is 6.54 Å². The number of rotatable bonds is 3. The highest BCUT2D eigenvalue weighted by atomic mass is 32.1. The zero-order valence-electron chi connectivity index (χ0n) is 9.29. The molecule has 0 fully saturated rings. The van der Waals surface area contributed by atoms with Gasteiger partial charge in [0.25, 0.3) is 0 Å². The van der Waals surface area contributed by atoms with Crippen LogP contribution in [0.4, 0.5) is 0 Å². The van der Waals surface area contributed by atoms with Crippen LogP contribution in [0.15, 0.2) is 11.4 Å². The molecule has 0 aliphatic heterocycles. The van der Waals surface area contributed by atoms with Crippen molar-refractivity contribution in [2.45, 2.75) is 33.3 Å². The van der Waals surface area contributed by atoms with Crippen LogP contribution in [0.1, 0.15) is 31.2 Å². The second kappa shape index (κ2) is 3.65. The Morgan fingerprint density at radius 2 is 2.00 bits per heavy atom. The molecule has 0 aromatic carbocycles. The zero-order valence-corrected chi connectivity index (χ0v) is 10.1. The predicted molar refractivity (Wildman–Crippen MR) is 61.5 cm³/mol. The molecule has 0 aliphatic carbocycles. The van der Waals surface area contributed by atoms with Crippen molar-refractivity contribution in [3.8, 4) is 0 Å². The molecule has 1 unspecified atom stereocenters. The van der Waals surface area contributed by atoms with Gasteiger partial charge in [-0.25, -0.2) is 0 Å². The SMILES string of the molecule is Cc1ccsc1C(C)(O)C(C)(C)CN. The van der Waals surface area contributed by atoms with E-state index in [2.05, 4.69) is 0 Å². The summed E-state index contributed by atoms with van der Waals surface area (Å²) in [7, 11) is 0. The topological polar surface area (TPSA) is 46.2 Å². The molecule has 1 heterocycles. The van der Waals surface area contributed by atoms with Gasteiger partial charge >= 0.3 is 0 Å². The van der Waals surface area contributed by atoms with E-state index in [9.17, 15) is 5.11 Å². The summed E-state index contributed by atoms with van der Waals surface area (Å²) in [6.45, 7) is 8.32. The van der Waals surface area contributed by atoms with Gasteiger partial charge in [0.2, 0.25) is 0 Å². The molecule has 2 nitrogen and oxygen atoms in total. The van der Waals surface area contributed by atoms with Gasteiger partial charge in [-0.2, -0.15) is 0 Å². The Labute approximate surface area is 89.8 Å². The third-order valence-corrected chi connectivity index (χ3v) is 4.36. The van der Waals surface area contributed by atoms with Crippen molar-refractivity contribution >= 4 is 11.3 Å². The highest BCUT2D eigenvalue weighted by Crippen LogP contribution is 2.42. The molecule has 0 radical (unpaired) electrons. The Morgan fingerprint density at radius 1 is 1.43 bits per heavy atom. The van der Waals surface area contributed by atoms with E-state index in [-0.39, 0.29) is 5.41 Å². The van der Waals surface area contributed by atoms with E-state index >= 15 is 0 Å². The van der Waals surface area contributed by atoms with Gasteiger partial charge in [0, 0.05) is 16.8 Å². The average molecular weight is 213 g/mol. The third-order valence-electron chi connectivity index (χ3n) is 3.13. The van der Waals surface area contributed by atoms with Gasteiger partial charge < -0.3 is 10.8 Å². The van der Waals surface area contributed by atoms with Crippen LogP contribution in [0.5, 0.6) is 0 Å². The Bertz CT molecular complexity index is 315. The highest BCUT2D eigenvalue weighted by molar-refractivity contribution is 7.10. The largest absolute Gasteiger partial charge is 0.384 e. The molecule has 0 saturated carbocycles. The molecule has 0 spiro atoms. The van der Waals surface area contributed by atoms with Gasteiger partial charge in [-0.05, 0) is 30.9 Å². The third kappa shape index (κ3) is 1.72. The van der Waals surface area contributed by atoms with Crippen molar-refractivity contribution < 1.29 is 5.11 Å². The molecule has 1 rings (SSSR count). The van der Waals surface area contributed by atoms with Gasteiger partial charge in [0.1, 0.15) is 5.60 Å². The molecule has 3 N–H and O–H groups in total. The highest BCUT2D eigenvalue weighted by Gasteiger charge is 2.41. The number of aliphatic hydroxyl groups is 1. The van der Waals surface area contributed by atoms with E-state index in [0.717, 1.165) is 10.4 Å². The molecule has 1 aromatic rings. The summed E-state index contributed by atoms with van der Waals surface area (Å²) >= 11 is 1.59. The lowest BCUT2D eigenvalue weighted by molar-refractivity contribution is -0.0494. The quantitative estimate of drug-likeness (QED) is 0.809. The van der Waals surface area contributed by atoms with E-state index in [4.69, 9.17) is 5.73 Å². The molecular weight excluding hydrogens is 194 g/mol. The van der Waals surface area contributed by atoms with Crippen molar-refractivity contribution in [1.82, 2.24) is 0 Å². The maximum Gasteiger partial charge on any atom is 0.102 e. The van der Waals surface area contributed by atoms with Gasteiger partial charge in [0.05, 0.1) is 0 Å². The first-order chi connectivity index (χ1) is 6.33. The molecule has 0 amide bonds. The summed E-state index contributed by atoms with van der Waals surface area (Å²) in [5.74, 6) is 0. The summed E-state index contributed by atoms with van der Waals surface area (Å²) in [4.78, 5) is 1.02. The van der Waals surface area contributed by atoms with Gasteiger partial charge in [0.15, 0.2) is 0 Å². The summed E-state index contributed by atoms with van der Waals surface area (Å²) in [6, 6.07) is 2.03. The minimum atomic E-state index is -0.847. The van der Waals surface area contributed by atoms with E-state index in [1.807, 2.05) is 39.1 Å². The van der Waals surface area contributed by atoms with Crippen LogP contribution in [0.25, 0.3) is 0 Å². The molecule has 0 aliphatic rings. The van der Waals surface area contributed by atoms with E-state index < -0.39 is 5.60 Å². The molecule has 1 atom stereocenters. The lowest BCUT2D eigenvalue weighted by Gasteiger charge is -2.39. The van der Waals surface area contributed by atoms with E-state index in [1.165, 1.54) is 0 Å². The number of aryl methyl sites for hydroxylation is 1. The predicted octanol–water partition coefficient (Wildman–Crippen LogP) is 2.25. The Morgan fingerprint density at radius 3 is 2.36 bits per heavy atom. The lowest BCUT2D eigenvalue weighted by atomic mass is 9.74. The number of hydrogen-bond acceptors (Lipinski definition) is 3. The van der Waals surface area contributed by atoms with Crippen LogP contribution in [0.2, 0.25) is 0 Å². The van der Waals surface area contributed by atoms with Crippen molar-refractivity contribution in [3.05, 3.63) is 21.9 Å². The van der Waals surface area contributed by atoms with E-state index in [1.54, 1.807) is 11.3 Å². The second-order valence-corrected chi connectivity index (χ2v) is 5.51. The summed E-state index contributed by atoms with van der Waals surface area (Å²) in [6.07, 6.45) is 0. The van der Waals surface area contributed by atoms with Crippen molar-refractivity contribution in [3.63, 3.8) is 0 Å². The van der Waals surface area contributed by atoms with Crippen LogP contribution >= 0.6 is 11.3 Å². The van der Waals surface area contributed by atoms with Crippen LogP contribution in [0, 0.1) is 12.3 Å². The average Bonchev–Trinajstić information content (AvgIpc) is 2.51. The maximum atomic E-state index is 10.5. The first-order valence-corrected chi connectivity index (χ1v) is 5.68. The van der Waals surface area contributed by atoms with Crippen LogP contribution in [-0.2, 0) is 5.60 Å². The number of hydrogen-bond donors (Lipinski definition) is 2. The summed E-state index contributed by atoms with van der Waals surface area (Å²) in [5.41, 5.74) is 5.68. The second-order valence-electron chi connectivity index (χ2n) is 4.59. The monoisotopic (exact) mass is 213 g/mol. The zero-order chi connectivity index (χ0) is 11.0. The van der Waals surface area contributed by atoms with Crippen molar-refractivity contribution in [2.75, 3.05) is 6.54 Å². The van der Waals surface area contributed by atoms with Gasteiger partial charge in [-0.3, -0.25) is 0 Å². The fraction of sp³-hybridized carbons (Fsp3) is 0.636. The Hall–Kier alpha value is -0.380. The molecule has 1 aromatic heterocycles. The summed E-state index contributed by atoms with van der Waals surface area (Å²) in [5, 5.41) is 12.5. The van der Waals surface area contributed by atoms with Gasteiger partial charge in [-0.15, -0.1) is 11.3 Å². The van der Waals surface area contributed by atoms with Crippen molar-refractivity contribution in [1.29, 1.82) is 0 Å². The first kappa shape index (κ1) is 11.7. The maximum absolute atomic E-state index is 10.5. The molecule has 0 saturated heterocycles. The first-order valence-electron chi connectivity index (χ1n) is 4.80. The summed E-state index contributed by atoms with van der Waals surface area (Å²) < 4.78 is 0. The van der Waals surface area contributed by atoms with Crippen LogP contribution in [-0.4, -0.2) is 11.7 Å². The van der Waals surface area contributed by atoms with Crippen LogP contribution in [0.3, 0.4) is 0 Å². The minimum Gasteiger partial charge on any atom is -0.384 e. The standard InChI is InChI=1S/C11H19NOS/c1-8-5-6-14-9(8)11(4,13)10(2,3)7-12/h5-6,13H,7,12H2,1-4H3. The smallest absolute Gasteiger partial charge is 0.102 e. The van der Waals surface area contributed by atoms with Gasteiger partial charge in [-0.1, -0.05) is 13.8 Å². The molecule has 14 heavy (non-hydrogen) atoms.